The van der Waals surface area contributed by atoms with Crippen molar-refractivity contribution in [1.82, 2.24) is 0 Å². The fourth-order valence-corrected chi connectivity index (χ4v) is 0.744. The molecule has 2 N–H and O–H groups in total. The third kappa shape index (κ3) is 2.00. The number of nitro groups is 1. The topological polar surface area (TPSA) is 82.3 Å². The summed E-state index contributed by atoms with van der Waals surface area (Å²) in [5, 5.41) is 10.1. The lowest BCUT2D eigenvalue weighted by atomic mass is 10.2. The summed E-state index contributed by atoms with van der Waals surface area (Å²) in [6.07, 6.45) is -2.80. The van der Waals surface area contributed by atoms with Crippen molar-refractivity contribution < 1.29 is 18.1 Å². The molecule has 0 aliphatic carbocycles. The van der Waals surface area contributed by atoms with Gasteiger partial charge in [-0.15, -0.1) is 0 Å². The lowest BCUT2D eigenvalue weighted by Gasteiger charge is -2.04. The van der Waals surface area contributed by atoms with Gasteiger partial charge in [0.2, 0.25) is 0 Å². The fourth-order valence-electron chi connectivity index (χ4n) is 0.744. The first-order valence-electron chi connectivity index (χ1n) is 3.30. The van der Waals surface area contributed by atoms with Crippen LogP contribution in [0.3, 0.4) is 0 Å². The molecule has 0 saturated heterocycles. The Hall–Kier alpha value is -1.50. The van der Waals surface area contributed by atoms with Gasteiger partial charge < -0.3 is 10.2 Å². The molecule has 7 heteroatoms. The fraction of sp³-hybridized carbons (Fsp3) is 0.333. The first-order chi connectivity index (χ1) is 6.02. The van der Waals surface area contributed by atoms with E-state index in [4.69, 9.17) is 5.73 Å². The molecule has 1 aromatic rings. The van der Waals surface area contributed by atoms with Crippen LogP contribution in [-0.2, 0) is 0 Å². The predicted octanol–water partition coefficient (Wildman–Crippen LogP) is 1.45. The largest absolute Gasteiger partial charge is 0.433 e. The quantitative estimate of drug-likeness (QED) is 0.580. The Kier molecular flexibility index (Phi) is 2.57. The maximum atomic E-state index is 12.0. The second-order valence-corrected chi connectivity index (χ2v) is 2.29. The van der Waals surface area contributed by atoms with Gasteiger partial charge in [0.15, 0.2) is 0 Å². The van der Waals surface area contributed by atoms with Crippen LogP contribution in [0.2, 0.25) is 0 Å². The summed E-state index contributed by atoms with van der Waals surface area (Å²) in [6, 6.07) is 0.431. The Bertz CT molecular complexity index is 313. The molecule has 0 amide bonds. The van der Waals surface area contributed by atoms with E-state index >= 15 is 0 Å². The smallest absolute Gasteiger partial charge is 0.404 e. The molecule has 0 aromatic carbocycles. The van der Waals surface area contributed by atoms with Gasteiger partial charge in [-0.3, -0.25) is 10.1 Å². The van der Waals surface area contributed by atoms with E-state index in [0.717, 1.165) is 12.1 Å². The van der Waals surface area contributed by atoms with Crippen LogP contribution in [-0.4, -0.2) is 11.3 Å². The molecule has 1 aromatic heterocycles. The van der Waals surface area contributed by atoms with E-state index < -0.39 is 23.3 Å². The van der Waals surface area contributed by atoms with Crippen LogP contribution >= 0.6 is 0 Å². The van der Waals surface area contributed by atoms with Crippen molar-refractivity contribution in [3.63, 3.8) is 0 Å². The highest BCUT2D eigenvalue weighted by Gasteiger charge is 2.23. The molecule has 1 atom stereocenters. The van der Waals surface area contributed by atoms with Gasteiger partial charge in [-0.25, -0.2) is 8.78 Å². The molecular formula is C6H6F2N2O3. The Morgan fingerprint density at radius 2 is 2.15 bits per heavy atom. The maximum absolute atomic E-state index is 12.0. The molecule has 1 heterocycles. The summed E-state index contributed by atoms with van der Waals surface area (Å²) in [5.41, 5.74) is 4.98. The summed E-state index contributed by atoms with van der Waals surface area (Å²) in [5.74, 6) is -0.882. The van der Waals surface area contributed by atoms with Gasteiger partial charge in [0, 0.05) is 0 Å². The number of hydrogen-bond acceptors (Lipinski definition) is 4. The van der Waals surface area contributed by atoms with E-state index in [1.807, 2.05) is 0 Å². The van der Waals surface area contributed by atoms with Gasteiger partial charge in [-0.05, 0) is 6.07 Å². The molecule has 1 unspecified atom stereocenters. The van der Waals surface area contributed by atoms with Gasteiger partial charge >= 0.3 is 5.88 Å². The second-order valence-electron chi connectivity index (χ2n) is 2.29. The molecule has 0 spiro atoms. The molecule has 0 radical (unpaired) electrons. The molecule has 0 fully saturated rings. The summed E-state index contributed by atoms with van der Waals surface area (Å²) < 4.78 is 28.4. The van der Waals surface area contributed by atoms with E-state index in [1.165, 1.54) is 0 Å². The number of halogens is 2. The minimum atomic E-state index is -2.80. The molecule has 13 heavy (non-hydrogen) atoms. The van der Waals surface area contributed by atoms with Gasteiger partial charge in [0.05, 0.1) is 6.07 Å². The van der Waals surface area contributed by atoms with Gasteiger partial charge in [-0.2, -0.15) is 0 Å². The minimum Gasteiger partial charge on any atom is -0.404 e. The number of rotatable bonds is 3. The molecule has 0 bridgehead atoms. The van der Waals surface area contributed by atoms with Crippen molar-refractivity contribution in [2.45, 2.75) is 12.5 Å². The molecule has 0 saturated carbocycles. The van der Waals surface area contributed by atoms with Crippen molar-refractivity contribution in [3.05, 3.63) is 28.0 Å². The molecule has 5 nitrogen and oxygen atoms in total. The normalized spacial score (nSPS) is 13.2. The Balaban J connectivity index is 2.85. The van der Waals surface area contributed by atoms with Gasteiger partial charge in [-0.1, -0.05) is 0 Å². The van der Waals surface area contributed by atoms with Crippen molar-refractivity contribution in [3.8, 4) is 0 Å². The van der Waals surface area contributed by atoms with Gasteiger partial charge in [0.1, 0.15) is 16.7 Å². The SMILES string of the molecule is NC(c1ccc([N+](=O)[O-])o1)C(F)F. The van der Waals surface area contributed by atoms with Crippen LogP contribution in [0.4, 0.5) is 14.7 Å². The van der Waals surface area contributed by atoms with Crippen LogP contribution in [0.5, 0.6) is 0 Å². The predicted molar refractivity (Wildman–Crippen MR) is 38.3 cm³/mol. The molecule has 0 aliphatic heterocycles. The van der Waals surface area contributed by atoms with E-state index in [9.17, 15) is 18.9 Å². The Labute approximate surface area is 71.3 Å². The number of nitrogens with two attached hydrogens (primary N) is 1. The van der Waals surface area contributed by atoms with Crippen LogP contribution in [0.15, 0.2) is 16.5 Å². The molecule has 0 aliphatic rings. The van der Waals surface area contributed by atoms with Crippen molar-refractivity contribution in [1.29, 1.82) is 0 Å². The molecule has 72 valence electrons. The third-order valence-corrected chi connectivity index (χ3v) is 1.39. The third-order valence-electron chi connectivity index (χ3n) is 1.39. The highest BCUT2D eigenvalue weighted by atomic mass is 19.3. The van der Waals surface area contributed by atoms with Crippen molar-refractivity contribution in [2.75, 3.05) is 0 Å². The van der Waals surface area contributed by atoms with E-state index in [2.05, 4.69) is 4.42 Å². The first-order valence-corrected chi connectivity index (χ1v) is 3.30. The highest BCUT2D eigenvalue weighted by Crippen LogP contribution is 2.23. The minimum absolute atomic E-state index is 0.290. The molecule has 1 rings (SSSR count). The van der Waals surface area contributed by atoms with E-state index in [1.54, 1.807) is 0 Å². The van der Waals surface area contributed by atoms with Crippen molar-refractivity contribution >= 4 is 5.88 Å². The standard InChI is InChI=1S/C6H6F2N2O3/c7-6(8)5(9)3-1-2-4(13-3)10(11)12/h1-2,5-6H,9H2. The number of furan rings is 1. The molecular weight excluding hydrogens is 186 g/mol. The number of hydrogen-bond donors (Lipinski definition) is 1. The summed E-state index contributed by atoms with van der Waals surface area (Å²) in [7, 11) is 0. The van der Waals surface area contributed by atoms with E-state index in [-0.39, 0.29) is 5.76 Å². The zero-order valence-electron chi connectivity index (χ0n) is 6.31. The van der Waals surface area contributed by atoms with Crippen LogP contribution in [0.1, 0.15) is 11.8 Å². The van der Waals surface area contributed by atoms with E-state index in [0.29, 0.717) is 0 Å². The van der Waals surface area contributed by atoms with Crippen molar-refractivity contribution in [2.24, 2.45) is 5.73 Å². The average Bonchev–Trinajstić information content (AvgIpc) is 2.50. The van der Waals surface area contributed by atoms with Crippen LogP contribution in [0.25, 0.3) is 0 Å². The number of nitrogens with zero attached hydrogens (tertiary/aromatic N) is 1. The monoisotopic (exact) mass is 192 g/mol. The second kappa shape index (κ2) is 3.48. The zero-order valence-corrected chi connectivity index (χ0v) is 6.31. The maximum Gasteiger partial charge on any atom is 0.433 e. The highest BCUT2D eigenvalue weighted by molar-refractivity contribution is 5.19. The summed E-state index contributed by atoms with van der Waals surface area (Å²) in [4.78, 5) is 9.27. The van der Waals surface area contributed by atoms with Crippen LogP contribution < -0.4 is 5.73 Å². The first kappa shape index (κ1) is 9.59. The summed E-state index contributed by atoms with van der Waals surface area (Å²) in [6.45, 7) is 0. The average molecular weight is 192 g/mol. The summed E-state index contributed by atoms with van der Waals surface area (Å²) >= 11 is 0. The Morgan fingerprint density at radius 1 is 1.54 bits per heavy atom. The van der Waals surface area contributed by atoms with Gasteiger partial charge in [0.25, 0.3) is 6.43 Å². The Morgan fingerprint density at radius 3 is 2.54 bits per heavy atom. The number of alkyl halides is 2. The zero-order chi connectivity index (χ0) is 10.0. The lowest BCUT2D eigenvalue weighted by molar-refractivity contribution is -0.402. The van der Waals surface area contributed by atoms with Crippen LogP contribution in [0, 0.1) is 10.1 Å². The lowest BCUT2D eigenvalue weighted by Crippen LogP contribution is -2.17.